The maximum Gasteiger partial charge on any atom is 0.183 e. The first kappa shape index (κ1) is 19.9. The minimum atomic E-state index is -1.56. The number of rotatable bonds is 6. The lowest BCUT2D eigenvalue weighted by molar-refractivity contribution is 0.254. The fraction of sp³-hybridized carbons (Fsp3) is 0.391. The van der Waals surface area contributed by atoms with Crippen LogP contribution in [0.25, 0.3) is 0 Å². The maximum absolute atomic E-state index is 6.28. The summed E-state index contributed by atoms with van der Waals surface area (Å²) in [6.45, 7) is 9.74. The zero-order chi connectivity index (χ0) is 19.4. The first-order valence-electron chi connectivity index (χ1n) is 9.78. The van der Waals surface area contributed by atoms with Crippen LogP contribution < -0.4 is 10.2 Å². The van der Waals surface area contributed by atoms with Crippen molar-refractivity contribution >= 4 is 14.0 Å². The molecule has 0 radical (unpaired) electrons. The highest BCUT2D eigenvalue weighted by Crippen LogP contribution is 2.34. The molecular weight excluding hydrogens is 348 g/mol. The highest BCUT2D eigenvalue weighted by molar-refractivity contribution is 6.69. The Hall–Kier alpha value is -1.88. The van der Waals surface area contributed by atoms with Crippen LogP contribution in [0.15, 0.2) is 71.9 Å². The van der Waals surface area contributed by atoms with Gasteiger partial charge >= 0.3 is 0 Å². The molecule has 0 fully saturated rings. The summed E-state index contributed by atoms with van der Waals surface area (Å²) >= 11 is 0. The molecule has 0 aliphatic carbocycles. The first-order valence-corrected chi connectivity index (χ1v) is 13.2. The molecule has 0 unspecified atom stereocenters. The number of hydrogen-bond donors (Lipinski definition) is 1. The number of nitrogens with one attached hydrogen (secondary N) is 1. The quantitative estimate of drug-likeness (QED) is 0.684. The Bertz CT molecular complexity index is 768. The summed E-state index contributed by atoms with van der Waals surface area (Å²) in [7, 11) is 0.617. The molecule has 1 aliphatic rings. The van der Waals surface area contributed by atoms with Crippen LogP contribution in [0.5, 0.6) is 0 Å². The van der Waals surface area contributed by atoms with Crippen molar-refractivity contribution in [1.29, 1.82) is 0 Å². The van der Waals surface area contributed by atoms with Crippen molar-refractivity contribution in [3.05, 3.63) is 77.5 Å². The molecule has 27 heavy (non-hydrogen) atoms. The fourth-order valence-corrected chi connectivity index (χ4v) is 4.26. The largest absolute Gasteiger partial charge is 0.416 e. The van der Waals surface area contributed by atoms with Crippen LogP contribution >= 0.6 is 0 Å². The van der Waals surface area contributed by atoms with Crippen LogP contribution in [0.3, 0.4) is 0 Å². The predicted molar refractivity (Wildman–Crippen MR) is 118 cm³/mol. The van der Waals surface area contributed by atoms with Crippen LogP contribution in [0, 0.1) is 0 Å². The molecule has 2 aromatic carbocycles. The molecule has 2 aromatic rings. The molecule has 2 atom stereocenters. The lowest BCUT2D eigenvalue weighted by Crippen LogP contribution is -2.45. The molecule has 0 aromatic heterocycles. The second kappa shape index (κ2) is 8.42. The molecule has 4 heteroatoms. The zero-order valence-corrected chi connectivity index (χ0v) is 18.2. The SMILES string of the molecule is CC1=C(N(C)c2ccccc2)C[C@H](c2ccccc2)N[C@@H]1CO[Si](C)(C)C. The summed E-state index contributed by atoms with van der Waals surface area (Å²) in [6.07, 6.45) is 0.977. The molecule has 3 nitrogen and oxygen atoms in total. The third-order valence-corrected chi connectivity index (χ3v) is 6.24. The van der Waals surface area contributed by atoms with E-state index in [2.05, 4.69) is 104 Å². The van der Waals surface area contributed by atoms with E-state index in [1.807, 2.05) is 0 Å². The van der Waals surface area contributed by atoms with Crippen molar-refractivity contribution in [1.82, 2.24) is 5.32 Å². The number of para-hydroxylation sites is 1. The summed E-state index contributed by atoms with van der Waals surface area (Å²) in [5.41, 5.74) is 5.33. The zero-order valence-electron chi connectivity index (χ0n) is 17.2. The van der Waals surface area contributed by atoms with E-state index in [1.54, 1.807) is 0 Å². The van der Waals surface area contributed by atoms with Gasteiger partial charge < -0.3 is 14.6 Å². The Labute approximate surface area is 165 Å². The van der Waals surface area contributed by atoms with Gasteiger partial charge in [-0.1, -0.05) is 48.5 Å². The Balaban J connectivity index is 1.91. The van der Waals surface area contributed by atoms with Gasteiger partial charge in [-0.25, -0.2) is 0 Å². The van der Waals surface area contributed by atoms with E-state index < -0.39 is 8.32 Å². The maximum atomic E-state index is 6.28. The molecule has 0 spiro atoms. The molecule has 0 amide bonds. The van der Waals surface area contributed by atoms with E-state index in [4.69, 9.17) is 4.43 Å². The lowest BCUT2D eigenvalue weighted by Gasteiger charge is -2.39. The molecule has 1 N–H and O–H groups in total. The van der Waals surface area contributed by atoms with Crippen LogP contribution in [-0.2, 0) is 4.43 Å². The first-order chi connectivity index (χ1) is 12.8. The van der Waals surface area contributed by atoms with Crippen LogP contribution in [0.4, 0.5) is 5.69 Å². The summed E-state index contributed by atoms with van der Waals surface area (Å²) in [6, 6.07) is 21.9. The summed E-state index contributed by atoms with van der Waals surface area (Å²) in [5, 5.41) is 3.84. The topological polar surface area (TPSA) is 24.5 Å². The normalized spacial score (nSPS) is 20.6. The van der Waals surface area contributed by atoms with Gasteiger partial charge in [-0.05, 0) is 49.8 Å². The second-order valence-corrected chi connectivity index (χ2v) is 12.8. The number of nitrogens with zero attached hydrogens (tertiary/aromatic N) is 1. The minimum Gasteiger partial charge on any atom is -0.416 e. The van der Waals surface area contributed by atoms with Gasteiger partial charge in [0.2, 0.25) is 0 Å². The Morgan fingerprint density at radius 3 is 2.19 bits per heavy atom. The van der Waals surface area contributed by atoms with Gasteiger partial charge in [0, 0.05) is 30.9 Å². The van der Waals surface area contributed by atoms with Gasteiger partial charge in [-0.15, -0.1) is 0 Å². The second-order valence-electron chi connectivity index (χ2n) is 8.33. The number of hydrogen-bond acceptors (Lipinski definition) is 3. The molecule has 3 rings (SSSR count). The number of benzene rings is 2. The fourth-order valence-electron chi connectivity index (χ4n) is 3.60. The van der Waals surface area contributed by atoms with E-state index in [-0.39, 0.29) is 6.04 Å². The van der Waals surface area contributed by atoms with E-state index >= 15 is 0 Å². The van der Waals surface area contributed by atoms with Crippen molar-refractivity contribution < 1.29 is 4.43 Å². The van der Waals surface area contributed by atoms with E-state index in [1.165, 1.54) is 22.5 Å². The third kappa shape index (κ3) is 5.10. The molecule has 144 valence electrons. The van der Waals surface area contributed by atoms with Crippen molar-refractivity contribution in [2.75, 3.05) is 18.6 Å². The van der Waals surface area contributed by atoms with Crippen LogP contribution in [-0.4, -0.2) is 28.0 Å². The average Bonchev–Trinajstić information content (AvgIpc) is 2.67. The molecule has 0 bridgehead atoms. The van der Waals surface area contributed by atoms with E-state index in [9.17, 15) is 0 Å². The summed E-state index contributed by atoms with van der Waals surface area (Å²) in [4.78, 5) is 2.34. The minimum absolute atomic E-state index is 0.233. The molecule has 0 saturated heterocycles. The standard InChI is InChI=1S/C23H32N2OSi/c1-18-22(17-26-27(3,4)5)24-21(19-12-8-6-9-13-19)16-23(18)25(2)20-14-10-7-11-15-20/h6-15,21-22,24H,16-17H2,1-5H3/t21-,22-/m1/s1. The molecule has 0 saturated carbocycles. The van der Waals surface area contributed by atoms with Crippen molar-refractivity contribution in [2.45, 2.75) is 45.1 Å². The predicted octanol–water partition coefficient (Wildman–Crippen LogP) is 5.35. The van der Waals surface area contributed by atoms with Crippen molar-refractivity contribution in [2.24, 2.45) is 0 Å². The summed E-state index contributed by atoms with van der Waals surface area (Å²) < 4.78 is 6.28. The number of anilines is 1. The monoisotopic (exact) mass is 380 g/mol. The van der Waals surface area contributed by atoms with E-state index in [0.717, 1.165) is 13.0 Å². The van der Waals surface area contributed by atoms with Gasteiger partial charge in [0.05, 0.1) is 12.6 Å². The third-order valence-electron chi connectivity index (χ3n) is 5.21. The van der Waals surface area contributed by atoms with Gasteiger partial charge in [0.25, 0.3) is 0 Å². The van der Waals surface area contributed by atoms with Gasteiger partial charge in [-0.2, -0.15) is 0 Å². The van der Waals surface area contributed by atoms with Crippen molar-refractivity contribution in [3.63, 3.8) is 0 Å². The van der Waals surface area contributed by atoms with Gasteiger partial charge in [0.15, 0.2) is 8.32 Å². The van der Waals surface area contributed by atoms with Gasteiger partial charge in [0.1, 0.15) is 0 Å². The van der Waals surface area contributed by atoms with Crippen LogP contribution in [0.1, 0.15) is 24.9 Å². The molecular formula is C23H32N2OSi. The van der Waals surface area contributed by atoms with Crippen LogP contribution in [0.2, 0.25) is 19.6 Å². The highest BCUT2D eigenvalue weighted by Gasteiger charge is 2.30. The highest BCUT2D eigenvalue weighted by atomic mass is 28.4. The summed E-state index contributed by atoms with van der Waals surface area (Å²) in [5.74, 6) is 0. The Morgan fingerprint density at radius 2 is 1.59 bits per heavy atom. The van der Waals surface area contributed by atoms with E-state index in [0.29, 0.717) is 6.04 Å². The Morgan fingerprint density at radius 1 is 1.00 bits per heavy atom. The lowest BCUT2D eigenvalue weighted by atomic mass is 9.91. The average molecular weight is 381 g/mol. The Kier molecular flexibility index (Phi) is 6.20. The van der Waals surface area contributed by atoms with Gasteiger partial charge in [-0.3, -0.25) is 0 Å². The van der Waals surface area contributed by atoms with Crippen molar-refractivity contribution in [3.8, 4) is 0 Å². The molecule has 1 aliphatic heterocycles. The smallest absolute Gasteiger partial charge is 0.183 e. The molecule has 1 heterocycles.